The van der Waals surface area contributed by atoms with Gasteiger partial charge in [-0.2, -0.15) is 4.98 Å². The van der Waals surface area contributed by atoms with Crippen LogP contribution in [0.15, 0.2) is 6.33 Å². The number of nitrogens with one attached hydrogen (secondary N) is 1. The molecule has 0 aromatic carbocycles. The van der Waals surface area contributed by atoms with E-state index in [9.17, 15) is 0 Å². The van der Waals surface area contributed by atoms with Crippen LogP contribution in [0.5, 0.6) is 5.88 Å². The minimum atomic E-state index is 0.467. The molecule has 0 spiro atoms. The Hall–Kier alpha value is -1.56. The molecule has 0 bridgehead atoms. The number of ether oxygens (including phenoxy) is 1. The quantitative estimate of drug-likeness (QED) is 0.739. The van der Waals surface area contributed by atoms with E-state index in [4.69, 9.17) is 10.5 Å². The predicted molar refractivity (Wildman–Crippen MR) is 76.4 cm³/mol. The highest BCUT2D eigenvalue weighted by molar-refractivity contribution is 5.66. The van der Waals surface area contributed by atoms with Gasteiger partial charge < -0.3 is 20.7 Å². The lowest BCUT2D eigenvalue weighted by molar-refractivity contribution is 0.306. The van der Waals surface area contributed by atoms with E-state index in [0.717, 1.165) is 25.6 Å². The van der Waals surface area contributed by atoms with Crippen LogP contribution in [-0.2, 0) is 0 Å². The Bertz CT molecular complexity index is 408. The van der Waals surface area contributed by atoms with E-state index in [0.29, 0.717) is 24.0 Å². The molecule has 0 unspecified atom stereocenters. The van der Waals surface area contributed by atoms with Crippen LogP contribution in [0.4, 0.5) is 11.5 Å². The summed E-state index contributed by atoms with van der Waals surface area (Å²) in [5.74, 6) is 1.13. The molecule has 1 fully saturated rings. The zero-order valence-corrected chi connectivity index (χ0v) is 11.7. The van der Waals surface area contributed by atoms with Gasteiger partial charge in [0.25, 0.3) is 0 Å². The van der Waals surface area contributed by atoms with Crippen molar-refractivity contribution in [3.8, 4) is 5.88 Å². The number of rotatable bonds is 8. The predicted octanol–water partition coefficient (Wildman–Crippen LogP) is 1.35. The van der Waals surface area contributed by atoms with E-state index in [-0.39, 0.29) is 0 Å². The third-order valence-electron chi connectivity index (χ3n) is 3.22. The Kier molecular flexibility index (Phi) is 4.79. The molecule has 0 aliphatic heterocycles. The van der Waals surface area contributed by atoms with Gasteiger partial charge in [0.1, 0.15) is 12.0 Å². The van der Waals surface area contributed by atoms with Gasteiger partial charge in [-0.15, -0.1) is 0 Å². The van der Waals surface area contributed by atoms with Gasteiger partial charge in [-0.25, -0.2) is 4.98 Å². The Balaban J connectivity index is 1.84. The average molecular weight is 265 g/mol. The number of aromatic nitrogens is 2. The smallest absolute Gasteiger partial charge is 0.242 e. The van der Waals surface area contributed by atoms with Crippen LogP contribution in [0.2, 0.25) is 0 Å². The molecule has 6 nitrogen and oxygen atoms in total. The molecule has 0 saturated heterocycles. The zero-order chi connectivity index (χ0) is 13.7. The second kappa shape index (κ2) is 6.56. The highest BCUT2D eigenvalue weighted by Gasteiger charge is 2.25. The maximum Gasteiger partial charge on any atom is 0.242 e. The molecule has 0 atom stereocenters. The normalized spacial score (nSPS) is 14.7. The van der Waals surface area contributed by atoms with Crippen molar-refractivity contribution >= 4 is 11.5 Å². The summed E-state index contributed by atoms with van der Waals surface area (Å²) in [7, 11) is 2.15. The van der Waals surface area contributed by atoms with E-state index in [2.05, 4.69) is 27.2 Å². The summed E-state index contributed by atoms with van der Waals surface area (Å²) in [6.07, 6.45) is 5.05. The minimum Gasteiger partial charge on any atom is -0.476 e. The Labute approximate surface area is 114 Å². The largest absolute Gasteiger partial charge is 0.476 e. The standard InChI is InChI=1S/C13H23N5O/c1-3-8-19-13-11(14)12(16-9-17-13)15-6-7-18(2)10-4-5-10/h9-10H,3-8,14H2,1-2H3,(H,15,16,17). The Morgan fingerprint density at radius 3 is 2.95 bits per heavy atom. The third-order valence-corrected chi connectivity index (χ3v) is 3.22. The summed E-state index contributed by atoms with van der Waals surface area (Å²) in [6.45, 7) is 4.47. The first kappa shape index (κ1) is 13.9. The Morgan fingerprint density at radius 2 is 2.26 bits per heavy atom. The fraction of sp³-hybridized carbons (Fsp3) is 0.692. The first-order chi connectivity index (χ1) is 9.22. The second-order valence-corrected chi connectivity index (χ2v) is 4.93. The first-order valence-corrected chi connectivity index (χ1v) is 6.89. The molecule has 2 rings (SSSR count). The van der Waals surface area contributed by atoms with Crippen molar-refractivity contribution in [3.63, 3.8) is 0 Å². The molecule has 19 heavy (non-hydrogen) atoms. The summed E-state index contributed by atoms with van der Waals surface area (Å²) < 4.78 is 5.48. The number of likely N-dealkylation sites (N-methyl/N-ethyl adjacent to an activating group) is 1. The van der Waals surface area contributed by atoms with Crippen LogP contribution >= 0.6 is 0 Å². The first-order valence-electron chi connectivity index (χ1n) is 6.89. The number of nitrogens with two attached hydrogens (primary N) is 1. The molecule has 1 aromatic rings. The van der Waals surface area contributed by atoms with Crippen LogP contribution in [0.3, 0.4) is 0 Å². The van der Waals surface area contributed by atoms with Crippen molar-refractivity contribution in [1.82, 2.24) is 14.9 Å². The van der Waals surface area contributed by atoms with Gasteiger partial charge >= 0.3 is 0 Å². The molecular weight excluding hydrogens is 242 g/mol. The van der Waals surface area contributed by atoms with E-state index >= 15 is 0 Å². The second-order valence-electron chi connectivity index (χ2n) is 4.93. The minimum absolute atomic E-state index is 0.467. The summed E-state index contributed by atoms with van der Waals surface area (Å²) in [5, 5.41) is 3.25. The fourth-order valence-corrected chi connectivity index (χ4v) is 1.88. The van der Waals surface area contributed by atoms with Crippen LogP contribution in [0.1, 0.15) is 26.2 Å². The van der Waals surface area contributed by atoms with Crippen molar-refractivity contribution in [2.75, 3.05) is 37.8 Å². The lowest BCUT2D eigenvalue weighted by Crippen LogP contribution is -2.27. The summed E-state index contributed by atoms with van der Waals surface area (Å²) in [5.41, 5.74) is 6.48. The topological polar surface area (TPSA) is 76.3 Å². The molecule has 106 valence electrons. The van der Waals surface area contributed by atoms with Crippen LogP contribution in [0, 0.1) is 0 Å². The lowest BCUT2D eigenvalue weighted by atomic mass is 10.4. The van der Waals surface area contributed by atoms with Crippen LogP contribution in [-0.4, -0.2) is 47.7 Å². The molecule has 1 aliphatic rings. The van der Waals surface area contributed by atoms with Gasteiger partial charge in [0.05, 0.1) is 6.61 Å². The number of nitrogen functional groups attached to an aromatic ring is 1. The lowest BCUT2D eigenvalue weighted by Gasteiger charge is -2.17. The van der Waals surface area contributed by atoms with Gasteiger partial charge in [-0.05, 0) is 26.3 Å². The molecule has 6 heteroatoms. The van der Waals surface area contributed by atoms with Crippen LogP contribution in [0.25, 0.3) is 0 Å². The van der Waals surface area contributed by atoms with Gasteiger partial charge in [0.15, 0.2) is 5.82 Å². The maximum absolute atomic E-state index is 5.99. The number of hydrogen-bond acceptors (Lipinski definition) is 6. The highest BCUT2D eigenvalue weighted by Crippen LogP contribution is 2.26. The van der Waals surface area contributed by atoms with Gasteiger partial charge in [-0.3, -0.25) is 0 Å². The monoisotopic (exact) mass is 265 g/mol. The molecule has 0 radical (unpaired) electrons. The molecule has 1 aromatic heterocycles. The van der Waals surface area contributed by atoms with E-state index in [1.165, 1.54) is 19.2 Å². The number of nitrogens with zero attached hydrogens (tertiary/aromatic N) is 3. The van der Waals surface area contributed by atoms with Crippen molar-refractivity contribution < 1.29 is 4.74 Å². The fourth-order valence-electron chi connectivity index (χ4n) is 1.88. The summed E-state index contributed by atoms with van der Waals surface area (Å²) in [4.78, 5) is 10.6. The van der Waals surface area contributed by atoms with E-state index in [1.807, 2.05) is 6.92 Å². The SMILES string of the molecule is CCCOc1ncnc(NCCN(C)C2CC2)c1N. The van der Waals surface area contributed by atoms with Gasteiger partial charge in [0.2, 0.25) is 5.88 Å². The van der Waals surface area contributed by atoms with Crippen molar-refractivity contribution in [1.29, 1.82) is 0 Å². The molecular formula is C13H23N5O. The zero-order valence-electron chi connectivity index (χ0n) is 11.7. The molecule has 3 N–H and O–H groups in total. The van der Waals surface area contributed by atoms with Crippen LogP contribution < -0.4 is 15.8 Å². The average Bonchev–Trinajstić information content (AvgIpc) is 3.23. The summed E-state index contributed by atoms with van der Waals surface area (Å²) in [6, 6.07) is 0.771. The van der Waals surface area contributed by atoms with E-state index < -0.39 is 0 Å². The van der Waals surface area contributed by atoms with Crippen molar-refractivity contribution in [3.05, 3.63) is 6.33 Å². The molecule has 1 aliphatic carbocycles. The molecule has 1 heterocycles. The third kappa shape index (κ3) is 3.96. The van der Waals surface area contributed by atoms with Crippen molar-refractivity contribution in [2.24, 2.45) is 0 Å². The Morgan fingerprint density at radius 1 is 1.47 bits per heavy atom. The van der Waals surface area contributed by atoms with E-state index in [1.54, 1.807) is 0 Å². The molecule has 1 saturated carbocycles. The van der Waals surface area contributed by atoms with Gasteiger partial charge in [-0.1, -0.05) is 6.92 Å². The van der Waals surface area contributed by atoms with Gasteiger partial charge in [0, 0.05) is 19.1 Å². The summed E-state index contributed by atoms with van der Waals surface area (Å²) >= 11 is 0. The number of anilines is 2. The van der Waals surface area contributed by atoms with Crippen molar-refractivity contribution in [2.45, 2.75) is 32.2 Å². The number of hydrogen-bond donors (Lipinski definition) is 2. The molecule has 0 amide bonds. The highest BCUT2D eigenvalue weighted by atomic mass is 16.5. The maximum atomic E-state index is 5.99.